The molecular weight excluding hydrogens is 434 g/mol. The van der Waals surface area contributed by atoms with E-state index in [9.17, 15) is 19.5 Å². The molecule has 0 saturated heterocycles. The van der Waals surface area contributed by atoms with Crippen molar-refractivity contribution >= 4 is 28.7 Å². The van der Waals surface area contributed by atoms with E-state index in [4.69, 9.17) is 9.84 Å². The average molecular weight is 462 g/mol. The number of carbonyl (C=O) groups excluding carboxylic acids is 2. The molecule has 0 unspecified atom stereocenters. The topological polar surface area (TPSA) is 113 Å². The van der Waals surface area contributed by atoms with Crippen molar-refractivity contribution < 1.29 is 29.3 Å². The average Bonchev–Trinajstić information content (AvgIpc) is 2.81. The van der Waals surface area contributed by atoms with Gasteiger partial charge in [-0.3, -0.25) is 10.1 Å². The van der Waals surface area contributed by atoms with E-state index in [0.717, 1.165) is 6.08 Å². The highest BCUT2D eigenvalue weighted by Crippen LogP contribution is 2.44. The first-order valence-corrected chi connectivity index (χ1v) is 10.9. The summed E-state index contributed by atoms with van der Waals surface area (Å²) in [5.41, 5.74) is 0.350. The van der Waals surface area contributed by atoms with Crippen LogP contribution in [0.25, 0.3) is 10.8 Å². The van der Waals surface area contributed by atoms with Crippen molar-refractivity contribution in [3.63, 3.8) is 0 Å². The molecule has 2 amide bonds. The molecule has 0 aliphatic rings. The zero-order valence-corrected chi connectivity index (χ0v) is 19.0. The molecule has 0 spiro atoms. The number of nitrogens with one attached hydrogen (secondary N) is 1. The highest BCUT2D eigenvalue weighted by atomic mass is 16.6. The van der Waals surface area contributed by atoms with Gasteiger partial charge in [0.15, 0.2) is 0 Å². The number of carboxylic acid groups (broad SMARTS) is 1. The van der Waals surface area contributed by atoms with Crippen LogP contribution in [0.5, 0.6) is 5.75 Å². The fourth-order valence-electron chi connectivity index (χ4n) is 3.84. The maximum atomic E-state index is 12.8. The van der Waals surface area contributed by atoms with Crippen LogP contribution in [-0.4, -0.2) is 28.2 Å². The molecule has 1 atom stereocenters. The number of phenolic OH excluding ortho intramolecular Hbond substituents is 1. The molecule has 0 aromatic heterocycles. The van der Waals surface area contributed by atoms with Crippen LogP contribution < -0.4 is 5.32 Å². The standard InChI is InChI=1S/C27H27NO6/c1-27(2,17-9-8-14-23(30)31)24(21-15-16-22(29)20-13-7-6-12-19(20)21)34-26(33)28-25(32)18-10-4-3-5-11-18/h3-8,10-16,24,29H,9,17H2,1-2H3,(H,30,31)(H,28,32,33)/b14-8+/t24-/m0/s1. The predicted octanol–water partition coefficient (Wildman–Crippen LogP) is 5.60. The van der Waals surface area contributed by atoms with Crippen molar-refractivity contribution in [2.75, 3.05) is 0 Å². The molecule has 7 nitrogen and oxygen atoms in total. The van der Waals surface area contributed by atoms with Crippen molar-refractivity contribution in [2.24, 2.45) is 5.41 Å². The number of rotatable bonds is 8. The number of hydrogen-bond donors (Lipinski definition) is 3. The number of fused-ring (bicyclic) bond motifs is 1. The Kier molecular flexibility index (Phi) is 7.68. The minimum Gasteiger partial charge on any atom is -0.507 e. The normalized spacial score (nSPS) is 12.4. The number of allylic oxidation sites excluding steroid dienone is 1. The van der Waals surface area contributed by atoms with E-state index in [1.807, 2.05) is 26.0 Å². The predicted molar refractivity (Wildman–Crippen MR) is 129 cm³/mol. The van der Waals surface area contributed by atoms with Crippen molar-refractivity contribution in [1.82, 2.24) is 5.32 Å². The lowest BCUT2D eigenvalue weighted by Gasteiger charge is -2.34. The zero-order chi connectivity index (χ0) is 24.7. The highest BCUT2D eigenvalue weighted by molar-refractivity contribution is 6.03. The lowest BCUT2D eigenvalue weighted by molar-refractivity contribution is -0.131. The van der Waals surface area contributed by atoms with Gasteiger partial charge in [-0.15, -0.1) is 0 Å². The van der Waals surface area contributed by atoms with Gasteiger partial charge in [0.1, 0.15) is 11.9 Å². The van der Waals surface area contributed by atoms with Gasteiger partial charge in [-0.2, -0.15) is 0 Å². The van der Waals surface area contributed by atoms with E-state index in [1.54, 1.807) is 60.7 Å². The second-order valence-electron chi connectivity index (χ2n) is 8.59. The number of hydrogen-bond acceptors (Lipinski definition) is 5. The van der Waals surface area contributed by atoms with Gasteiger partial charge >= 0.3 is 12.1 Å². The minimum atomic E-state index is -1.03. The van der Waals surface area contributed by atoms with Crippen LogP contribution in [0.4, 0.5) is 4.79 Å². The van der Waals surface area contributed by atoms with Crippen LogP contribution in [0.3, 0.4) is 0 Å². The first-order chi connectivity index (χ1) is 16.2. The SMILES string of the molecule is CC(C)(CC/C=C/C(=O)O)[C@@H](OC(=O)NC(=O)c1ccccc1)c1ccc(O)c2ccccc12. The number of carbonyl (C=O) groups is 3. The van der Waals surface area contributed by atoms with Gasteiger partial charge in [0.05, 0.1) is 0 Å². The Morgan fingerprint density at radius 1 is 0.971 bits per heavy atom. The lowest BCUT2D eigenvalue weighted by Crippen LogP contribution is -2.35. The number of benzene rings is 3. The van der Waals surface area contributed by atoms with Gasteiger partial charge in [-0.1, -0.05) is 68.5 Å². The summed E-state index contributed by atoms with van der Waals surface area (Å²) >= 11 is 0. The van der Waals surface area contributed by atoms with Crippen molar-refractivity contribution in [3.8, 4) is 5.75 Å². The third-order valence-corrected chi connectivity index (χ3v) is 5.62. The summed E-state index contributed by atoms with van der Waals surface area (Å²) < 4.78 is 5.83. The summed E-state index contributed by atoms with van der Waals surface area (Å²) in [5, 5.41) is 22.7. The van der Waals surface area contributed by atoms with E-state index in [-0.39, 0.29) is 5.75 Å². The molecule has 34 heavy (non-hydrogen) atoms. The largest absolute Gasteiger partial charge is 0.507 e. The van der Waals surface area contributed by atoms with E-state index >= 15 is 0 Å². The Labute approximate surface area is 197 Å². The lowest BCUT2D eigenvalue weighted by atomic mass is 9.77. The molecule has 3 N–H and O–H groups in total. The quantitative estimate of drug-likeness (QED) is 0.376. The van der Waals surface area contributed by atoms with E-state index in [0.29, 0.717) is 34.7 Å². The van der Waals surface area contributed by atoms with Crippen LogP contribution in [0, 0.1) is 5.41 Å². The number of aliphatic carboxylic acids is 1. The number of phenols is 1. The molecule has 0 saturated carbocycles. The number of aromatic hydroxyl groups is 1. The fourth-order valence-corrected chi connectivity index (χ4v) is 3.84. The van der Waals surface area contributed by atoms with Gasteiger partial charge < -0.3 is 14.9 Å². The molecule has 0 bridgehead atoms. The number of ether oxygens (including phenoxy) is 1. The number of amides is 2. The van der Waals surface area contributed by atoms with Crippen molar-refractivity contribution in [3.05, 3.63) is 90.0 Å². The van der Waals surface area contributed by atoms with Crippen LogP contribution in [0.15, 0.2) is 78.9 Å². The first-order valence-electron chi connectivity index (χ1n) is 10.9. The molecule has 0 fully saturated rings. The second kappa shape index (κ2) is 10.7. The molecule has 3 aromatic rings. The zero-order valence-electron chi connectivity index (χ0n) is 19.0. The smallest absolute Gasteiger partial charge is 0.414 e. The third-order valence-electron chi connectivity index (χ3n) is 5.62. The van der Waals surface area contributed by atoms with Gasteiger partial charge in [0, 0.05) is 28.0 Å². The Hall–Kier alpha value is -4.13. The number of carboxylic acids is 1. The Morgan fingerprint density at radius 3 is 2.29 bits per heavy atom. The first kappa shape index (κ1) is 24.5. The molecule has 0 aliphatic carbocycles. The maximum absolute atomic E-state index is 12.8. The van der Waals surface area contributed by atoms with Crippen LogP contribution in [0.2, 0.25) is 0 Å². The van der Waals surface area contributed by atoms with Gasteiger partial charge in [0.25, 0.3) is 5.91 Å². The Morgan fingerprint density at radius 2 is 1.62 bits per heavy atom. The Bertz CT molecular complexity index is 1220. The second-order valence-corrected chi connectivity index (χ2v) is 8.59. The van der Waals surface area contributed by atoms with E-state index in [2.05, 4.69) is 5.32 Å². The number of alkyl carbamates (subject to hydrolysis) is 1. The summed E-state index contributed by atoms with van der Waals surface area (Å²) in [6.07, 6.45) is 1.88. The van der Waals surface area contributed by atoms with E-state index < -0.39 is 29.5 Å². The molecule has 3 rings (SSSR count). The Balaban J connectivity index is 1.92. The molecule has 0 aliphatic heterocycles. The van der Waals surface area contributed by atoms with Gasteiger partial charge in [-0.25, -0.2) is 9.59 Å². The molecule has 3 aromatic carbocycles. The fraction of sp³-hybridized carbons (Fsp3) is 0.222. The molecule has 7 heteroatoms. The van der Waals surface area contributed by atoms with Crippen LogP contribution >= 0.6 is 0 Å². The van der Waals surface area contributed by atoms with Gasteiger partial charge in [-0.05, 0) is 36.4 Å². The van der Waals surface area contributed by atoms with Crippen LogP contribution in [0.1, 0.15) is 48.7 Å². The monoisotopic (exact) mass is 461 g/mol. The van der Waals surface area contributed by atoms with Gasteiger partial charge in [0.2, 0.25) is 0 Å². The minimum absolute atomic E-state index is 0.101. The summed E-state index contributed by atoms with van der Waals surface area (Å²) in [7, 11) is 0. The van der Waals surface area contributed by atoms with Crippen LogP contribution in [-0.2, 0) is 9.53 Å². The van der Waals surface area contributed by atoms with Crippen molar-refractivity contribution in [2.45, 2.75) is 32.8 Å². The van der Waals surface area contributed by atoms with E-state index in [1.165, 1.54) is 0 Å². The molecule has 176 valence electrons. The highest BCUT2D eigenvalue weighted by Gasteiger charge is 2.35. The third kappa shape index (κ3) is 6.01. The summed E-state index contributed by atoms with van der Waals surface area (Å²) in [5.74, 6) is -1.51. The molecular formula is C27H27NO6. The summed E-state index contributed by atoms with van der Waals surface area (Å²) in [6.45, 7) is 3.81. The number of imide groups is 1. The molecule has 0 radical (unpaired) electrons. The maximum Gasteiger partial charge on any atom is 0.414 e. The summed E-state index contributed by atoms with van der Waals surface area (Å²) in [4.78, 5) is 36.0. The summed E-state index contributed by atoms with van der Waals surface area (Å²) in [6, 6.07) is 18.8. The van der Waals surface area contributed by atoms with Crippen molar-refractivity contribution in [1.29, 1.82) is 0 Å². The molecule has 0 heterocycles.